The van der Waals surface area contributed by atoms with Crippen LogP contribution in [-0.4, -0.2) is 33.0 Å². The molecule has 0 N–H and O–H groups in total. The molecule has 0 bridgehead atoms. The Morgan fingerprint density at radius 2 is 1.41 bits per heavy atom. The van der Waals surface area contributed by atoms with Gasteiger partial charge in [0.15, 0.2) is 0 Å². The topological polar surface area (TPSA) is 3.24 Å². The van der Waals surface area contributed by atoms with E-state index in [0.717, 1.165) is 8.58 Å². The standard InChI is InChI=1S/C14H16NP.Li/c1-15(2)13-10-6-7-11-14(13)16-12-8-4-3-5-9-12;/h3-11,16H,1-2H3;. The number of para-hydroxylation sites is 1. The minimum atomic E-state index is 0. The molecule has 0 fully saturated rings. The summed E-state index contributed by atoms with van der Waals surface area (Å²) < 4.78 is 0. The summed E-state index contributed by atoms with van der Waals surface area (Å²) in [6.07, 6.45) is 0. The zero-order valence-corrected chi connectivity index (χ0v) is 11.6. The van der Waals surface area contributed by atoms with Crippen LogP contribution in [0.15, 0.2) is 54.6 Å². The van der Waals surface area contributed by atoms with Crippen LogP contribution in [0.4, 0.5) is 5.69 Å². The largest absolute Gasteiger partial charge is 0.377 e. The van der Waals surface area contributed by atoms with Gasteiger partial charge in [0, 0.05) is 43.9 Å². The van der Waals surface area contributed by atoms with Gasteiger partial charge in [-0.1, -0.05) is 57.1 Å². The van der Waals surface area contributed by atoms with Gasteiger partial charge in [0.1, 0.15) is 0 Å². The van der Waals surface area contributed by atoms with Crippen molar-refractivity contribution in [2.45, 2.75) is 0 Å². The molecule has 2 rings (SSSR count). The van der Waals surface area contributed by atoms with Gasteiger partial charge >= 0.3 is 0 Å². The second-order valence-electron chi connectivity index (χ2n) is 3.90. The second-order valence-corrected chi connectivity index (χ2v) is 5.27. The normalized spacial score (nSPS) is 10.2. The second kappa shape index (κ2) is 6.87. The number of benzene rings is 2. The van der Waals surface area contributed by atoms with E-state index in [1.54, 1.807) is 0 Å². The van der Waals surface area contributed by atoms with E-state index in [9.17, 15) is 0 Å². The van der Waals surface area contributed by atoms with E-state index in [1.165, 1.54) is 16.3 Å². The van der Waals surface area contributed by atoms with Crippen LogP contribution in [0.25, 0.3) is 0 Å². The van der Waals surface area contributed by atoms with Gasteiger partial charge < -0.3 is 4.90 Å². The molecule has 0 heterocycles. The molecule has 0 amide bonds. The van der Waals surface area contributed by atoms with Crippen molar-refractivity contribution >= 4 is 43.7 Å². The fourth-order valence-electron chi connectivity index (χ4n) is 1.65. The summed E-state index contributed by atoms with van der Waals surface area (Å²) in [5.74, 6) is 0. The van der Waals surface area contributed by atoms with E-state index in [-0.39, 0.29) is 18.9 Å². The molecule has 0 aliphatic heterocycles. The molecule has 83 valence electrons. The van der Waals surface area contributed by atoms with Gasteiger partial charge in [-0.3, -0.25) is 0 Å². The van der Waals surface area contributed by atoms with Crippen LogP contribution >= 0.6 is 8.58 Å². The number of hydrogen-bond acceptors (Lipinski definition) is 1. The maximum Gasteiger partial charge on any atom is 0.0439 e. The molecular weight excluding hydrogens is 220 g/mol. The zero-order valence-electron chi connectivity index (χ0n) is 10.6. The molecule has 0 aliphatic rings. The van der Waals surface area contributed by atoms with Gasteiger partial charge in [-0.25, -0.2) is 0 Å². The first kappa shape index (κ1) is 14.3. The summed E-state index contributed by atoms with van der Waals surface area (Å²) in [5, 5.41) is 2.79. The van der Waals surface area contributed by atoms with Crippen molar-refractivity contribution in [3.05, 3.63) is 54.6 Å². The molecule has 0 saturated heterocycles. The summed E-state index contributed by atoms with van der Waals surface area (Å²) in [7, 11) is 4.91. The Bertz CT molecular complexity index is 457. The van der Waals surface area contributed by atoms with Crippen molar-refractivity contribution < 1.29 is 0 Å². The summed E-state index contributed by atoms with van der Waals surface area (Å²) >= 11 is 0. The minimum Gasteiger partial charge on any atom is -0.377 e. The number of nitrogens with zero attached hydrogens (tertiary/aromatic N) is 1. The molecular formula is C14H16LiNP. The van der Waals surface area contributed by atoms with Crippen molar-refractivity contribution in [1.82, 2.24) is 0 Å². The predicted molar refractivity (Wildman–Crippen MR) is 80.5 cm³/mol. The van der Waals surface area contributed by atoms with Gasteiger partial charge in [-0.2, -0.15) is 0 Å². The van der Waals surface area contributed by atoms with Crippen LogP contribution in [0.3, 0.4) is 0 Å². The Morgan fingerprint density at radius 1 is 0.824 bits per heavy atom. The number of anilines is 1. The van der Waals surface area contributed by atoms with Crippen LogP contribution in [0.2, 0.25) is 0 Å². The average Bonchev–Trinajstić information content (AvgIpc) is 2.31. The van der Waals surface area contributed by atoms with Crippen LogP contribution in [0.5, 0.6) is 0 Å². The van der Waals surface area contributed by atoms with E-state index in [0.29, 0.717) is 0 Å². The molecule has 1 nitrogen and oxygen atoms in total. The van der Waals surface area contributed by atoms with E-state index in [4.69, 9.17) is 0 Å². The Balaban J connectivity index is 0.00000144. The number of rotatable bonds is 3. The van der Waals surface area contributed by atoms with Gasteiger partial charge in [0.2, 0.25) is 0 Å². The zero-order chi connectivity index (χ0) is 11.4. The van der Waals surface area contributed by atoms with Crippen molar-refractivity contribution in [1.29, 1.82) is 0 Å². The Hall–Kier alpha value is -0.733. The SMILES string of the molecule is CN(C)c1ccccc1Pc1ccccc1.[Li]. The third-order valence-electron chi connectivity index (χ3n) is 2.44. The molecule has 1 radical (unpaired) electrons. The van der Waals surface area contributed by atoms with Crippen LogP contribution < -0.4 is 15.5 Å². The Morgan fingerprint density at radius 3 is 2.06 bits per heavy atom. The number of hydrogen-bond donors (Lipinski definition) is 0. The third-order valence-corrected chi connectivity index (χ3v) is 3.75. The Labute approximate surface area is 117 Å². The van der Waals surface area contributed by atoms with Crippen molar-refractivity contribution in [3.8, 4) is 0 Å². The van der Waals surface area contributed by atoms with Crippen LogP contribution in [0.1, 0.15) is 0 Å². The van der Waals surface area contributed by atoms with Gasteiger partial charge in [-0.15, -0.1) is 0 Å². The average molecular weight is 236 g/mol. The van der Waals surface area contributed by atoms with E-state index in [1.807, 2.05) is 0 Å². The molecule has 0 aliphatic carbocycles. The quantitative estimate of drug-likeness (QED) is 0.582. The summed E-state index contributed by atoms with van der Waals surface area (Å²) in [6, 6.07) is 19.2. The molecule has 0 saturated carbocycles. The van der Waals surface area contributed by atoms with E-state index in [2.05, 4.69) is 73.6 Å². The maximum atomic E-state index is 2.21. The monoisotopic (exact) mass is 236 g/mol. The smallest absolute Gasteiger partial charge is 0.0439 e. The molecule has 17 heavy (non-hydrogen) atoms. The van der Waals surface area contributed by atoms with E-state index < -0.39 is 0 Å². The molecule has 2 aromatic carbocycles. The molecule has 3 heteroatoms. The van der Waals surface area contributed by atoms with Crippen LogP contribution in [-0.2, 0) is 0 Å². The Kier molecular flexibility index (Phi) is 5.79. The third kappa shape index (κ3) is 3.89. The molecule has 1 atom stereocenters. The van der Waals surface area contributed by atoms with Gasteiger partial charge in [-0.05, 0) is 11.4 Å². The summed E-state index contributed by atoms with van der Waals surface area (Å²) in [5.41, 5.74) is 1.31. The van der Waals surface area contributed by atoms with Crippen molar-refractivity contribution in [2.75, 3.05) is 19.0 Å². The fourth-order valence-corrected chi connectivity index (χ4v) is 2.93. The molecule has 2 aromatic rings. The van der Waals surface area contributed by atoms with Crippen molar-refractivity contribution in [3.63, 3.8) is 0 Å². The fraction of sp³-hybridized carbons (Fsp3) is 0.143. The minimum absolute atomic E-state index is 0. The van der Waals surface area contributed by atoms with E-state index >= 15 is 0 Å². The maximum absolute atomic E-state index is 2.21. The predicted octanol–water partition coefficient (Wildman–Crippen LogP) is 2.00. The first-order chi connectivity index (χ1) is 7.77. The van der Waals surface area contributed by atoms with Gasteiger partial charge in [0.25, 0.3) is 0 Å². The molecule has 0 spiro atoms. The van der Waals surface area contributed by atoms with Crippen LogP contribution in [0, 0.1) is 0 Å². The van der Waals surface area contributed by atoms with Gasteiger partial charge in [0.05, 0.1) is 0 Å². The summed E-state index contributed by atoms with van der Waals surface area (Å²) in [6.45, 7) is 0. The molecule has 0 aromatic heterocycles. The summed E-state index contributed by atoms with van der Waals surface area (Å²) in [4.78, 5) is 2.17. The van der Waals surface area contributed by atoms with Crippen molar-refractivity contribution in [2.24, 2.45) is 0 Å². The first-order valence-electron chi connectivity index (χ1n) is 5.36. The first-order valence-corrected chi connectivity index (χ1v) is 6.36. The molecule has 1 unspecified atom stereocenters.